The first-order valence-electron chi connectivity index (χ1n) is 9.51. The number of benzene rings is 2. The Hall–Kier alpha value is -4.00. The number of nitrogens with zero attached hydrogens (tertiary/aromatic N) is 2. The fourth-order valence-corrected chi connectivity index (χ4v) is 3.50. The number of aromatic amines is 1. The van der Waals surface area contributed by atoms with Crippen LogP contribution in [0.25, 0.3) is 10.9 Å². The van der Waals surface area contributed by atoms with Crippen molar-refractivity contribution in [3.63, 3.8) is 0 Å². The summed E-state index contributed by atoms with van der Waals surface area (Å²) in [5.74, 6) is 0.774. The van der Waals surface area contributed by atoms with Gasteiger partial charge in [0.15, 0.2) is 0 Å². The second-order valence-corrected chi connectivity index (χ2v) is 7.20. The molecule has 0 aliphatic heterocycles. The number of non-ortho nitro benzene ring substituents is 1. The van der Waals surface area contributed by atoms with Crippen molar-refractivity contribution in [2.45, 2.75) is 19.9 Å². The van der Waals surface area contributed by atoms with Crippen molar-refractivity contribution in [2.24, 2.45) is 0 Å². The Kier molecular flexibility index (Phi) is 5.02. The highest BCUT2D eigenvalue weighted by molar-refractivity contribution is 5.86. The molecule has 3 N–H and O–H groups in total. The summed E-state index contributed by atoms with van der Waals surface area (Å²) in [6, 6.07) is 19.1. The molecule has 150 valence electrons. The molecule has 2 aromatic heterocycles. The van der Waals surface area contributed by atoms with Crippen LogP contribution in [0.3, 0.4) is 0 Å². The number of phenolic OH excluding ortho intramolecular Hbond substituents is 1. The Morgan fingerprint density at radius 1 is 1.07 bits per heavy atom. The van der Waals surface area contributed by atoms with E-state index in [2.05, 4.69) is 15.3 Å². The van der Waals surface area contributed by atoms with E-state index in [1.807, 2.05) is 56.3 Å². The van der Waals surface area contributed by atoms with E-state index in [9.17, 15) is 15.2 Å². The summed E-state index contributed by atoms with van der Waals surface area (Å²) < 4.78 is 0. The number of rotatable bonds is 5. The Morgan fingerprint density at radius 2 is 1.83 bits per heavy atom. The molecule has 0 unspecified atom stereocenters. The van der Waals surface area contributed by atoms with Gasteiger partial charge < -0.3 is 5.11 Å². The van der Waals surface area contributed by atoms with Gasteiger partial charge in [0.25, 0.3) is 11.5 Å². The number of nitro groups is 1. The van der Waals surface area contributed by atoms with Crippen LogP contribution in [-0.4, -0.2) is 15.0 Å². The first kappa shape index (κ1) is 19.3. The number of hydrogen-bond acceptors (Lipinski definition) is 5. The third kappa shape index (κ3) is 3.77. The van der Waals surface area contributed by atoms with Crippen LogP contribution in [-0.2, 0) is 0 Å². The smallest absolute Gasteiger partial charge is 0.273 e. The Labute approximate surface area is 173 Å². The maximum atomic E-state index is 11.3. The number of hydrogen-bond donors (Lipinski definition) is 2. The molecule has 1 atom stereocenters. The van der Waals surface area contributed by atoms with E-state index < -0.39 is 11.0 Å². The molecule has 30 heavy (non-hydrogen) atoms. The molecule has 0 bridgehead atoms. The minimum Gasteiger partial charge on any atom is -0.505 e. The molecule has 7 nitrogen and oxygen atoms in total. The Morgan fingerprint density at radius 3 is 2.60 bits per heavy atom. The molecule has 2 heterocycles. The van der Waals surface area contributed by atoms with Crippen LogP contribution in [0, 0.1) is 24.0 Å². The van der Waals surface area contributed by atoms with Crippen molar-refractivity contribution in [2.75, 3.05) is 5.32 Å². The number of H-pyrrole nitrogens is 1. The minimum atomic E-state index is -0.533. The van der Waals surface area contributed by atoms with Crippen LogP contribution < -0.4 is 10.3 Å². The van der Waals surface area contributed by atoms with Gasteiger partial charge in [0.2, 0.25) is 0 Å². The third-order valence-corrected chi connectivity index (χ3v) is 4.97. The number of fused-ring (bicyclic) bond motifs is 1. The van der Waals surface area contributed by atoms with Gasteiger partial charge in [-0.3, -0.25) is 15.4 Å². The van der Waals surface area contributed by atoms with Gasteiger partial charge in [-0.1, -0.05) is 30.3 Å². The summed E-state index contributed by atoms with van der Waals surface area (Å²) in [7, 11) is 0. The summed E-state index contributed by atoms with van der Waals surface area (Å²) in [4.78, 5) is 18.6. The van der Waals surface area contributed by atoms with Crippen LogP contribution in [0.2, 0.25) is 0 Å². The van der Waals surface area contributed by atoms with Crippen molar-refractivity contribution < 1.29 is 15.0 Å². The van der Waals surface area contributed by atoms with Crippen LogP contribution in [0.5, 0.6) is 5.75 Å². The van der Waals surface area contributed by atoms with Crippen LogP contribution in [0.1, 0.15) is 28.6 Å². The maximum Gasteiger partial charge on any atom is 0.273 e. The number of aromatic nitrogens is 2. The lowest BCUT2D eigenvalue weighted by molar-refractivity contribution is -0.385. The highest BCUT2D eigenvalue weighted by atomic mass is 16.6. The zero-order valence-electron chi connectivity index (χ0n) is 16.6. The van der Waals surface area contributed by atoms with Crippen molar-refractivity contribution in [1.82, 2.24) is 4.98 Å². The number of nitro benzene ring substituents is 1. The summed E-state index contributed by atoms with van der Waals surface area (Å²) in [5, 5.41) is 26.6. The third-order valence-electron chi connectivity index (χ3n) is 4.97. The average molecular weight is 401 g/mol. The fraction of sp³-hybridized carbons (Fsp3) is 0.130. The molecule has 0 saturated heterocycles. The standard InChI is InChI=1S/C23H20N4O3/c1-14-5-3-8-20(24-14)26-21(17-6-4-7-18(13-17)27(29)30)19-12-11-16-10-9-15(2)25-22(16)23(19)28/h3-13,21,28H,1-2H3,(H,24,26)/p+1/t21-/m1/s1. The van der Waals surface area contributed by atoms with E-state index >= 15 is 0 Å². The van der Waals surface area contributed by atoms with Gasteiger partial charge in [-0.15, -0.1) is 0 Å². The molecule has 2 aromatic carbocycles. The van der Waals surface area contributed by atoms with Crippen molar-refractivity contribution in [3.05, 3.63) is 99.4 Å². The zero-order valence-corrected chi connectivity index (χ0v) is 16.6. The Balaban J connectivity index is 1.89. The molecule has 4 aromatic rings. The fourth-order valence-electron chi connectivity index (χ4n) is 3.50. The molecule has 0 aliphatic rings. The lowest BCUT2D eigenvalue weighted by atomic mass is 9.95. The second-order valence-electron chi connectivity index (χ2n) is 7.20. The molecule has 7 heteroatoms. The topological polar surface area (TPSA) is 102 Å². The van der Waals surface area contributed by atoms with Crippen LogP contribution in [0.4, 0.5) is 11.5 Å². The van der Waals surface area contributed by atoms with E-state index in [1.165, 1.54) is 12.1 Å². The largest absolute Gasteiger partial charge is 0.505 e. The predicted octanol–water partition coefficient (Wildman–Crippen LogP) is 4.48. The summed E-state index contributed by atoms with van der Waals surface area (Å²) in [6.45, 7) is 3.80. The van der Waals surface area contributed by atoms with Crippen molar-refractivity contribution >= 4 is 22.4 Å². The van der Waals surface area contributed by atoms with E-state index in [1.54, 1.807) is 12.1 Å². The molecule has 0 fully saturated rings. The first-order chi connectivity index (χ1) is 14.4. The van der Waals surface area contributed by atoms with E-state index in [-0.39, 0.29) is 11.4 Å². The number of aryl methyl sites for hydroxylation is 2. The SMILES string of the molecule is Cc1ccc2ccc([C@H](Nc3cccc(C)[nH+]3)c3cccc([N+](=O)[O-])c3)c(O)c2n1. The normalized spacial score (nSPS) is 11.9. The monoisotopic (exact) mass is 401 g/mol. The van der Waals surface area contributed by atoms with Gasteiger partial charge in [-0.2, -0.15) is 0 Å². The molecule has 4 rings (SSSR count). The van der Waals surface area contributed by atoms with Gasteiger partial charge in [-0.05, 0) is 32.0 Å². The van der Waals surface area contributed by atoms with Gasteiger partial charge in [0.05, 0.1) is 10.6 Å². The molecule has 0 saturated carbocycles. The molecule has 0 aliphatic carbocycles. The number of anilines is 1. The van der Waals surface area contributed by atoms with Gasteiger partial charge in [0, 0.05) is 40.4 Å². The Bertz CT molecular complexity index is 1260. The first-order valence-corrected chi connectivity index (χ1v) is 9.51. The minimum absolute atomic E-state index is 0.0122. The summed E-state index contributed by atoms with van der Waals surface area (Å²) in [5.41, 5.74) is 3.47. The zero-order chi connectivity index (χ0) is 21.3. The molecule has 0 spiro atoms. The van der Waals surface area contributed by atoms with Crippen molar-refractivity contribution in [3.8, 4) is 5.75 Å². The van der Waals surface area contributed by atoms with Crippen LogP contribution in [0.15, 0.2) is 66.7 Å². The average Bonchev–Trinajstić information content (AvgIpc) is 2.73. The molecular formula is C23H21N4O3+. The van der Waals surface area contributed by atoms with Gasteiger partial charge in [0.1, 0.15) is 17.3 Å². The van der Waals surface area contributed by atoms with E-state index in [0.717, 1.165) is 22.6 Å². The lowest BCUT2D eigenvalue weighted by Crippen LogP contribution is -2.20. The number of phenols is 1. The van der Waals surface area contributed by atoms with E-state index in [0.29, 0.717) is 16.6 Å². The van der Waals surface area contributed by atoms with Crippen molar-refractivity contribution in [1.29, 1.82) is 0 Å². The van der Waals surface area contributed by atoms with Gasteiger partial charge >= 0.3 is 0 Å². The number of pyridine rings is 2. The van der Waals surface area contributed by atoms with E-state index in [4.69, 9.17) is 0 Å². The number of nitrogens with one attached hydrogen (secondary N) is 2. The predicted molar refractivity (Wildman–Crippen MR) is 114 cm³/mol. The summed E-state index contributed by atoms with van der Waals surface area (Å²) in [6.07, 6.45) is 0. The summed E-state index contributed by atoms with van der Waals surface area (Å²) >= 11 is 0. The maximum absolute atomic E-state index is 11.3. The highest BCUT2D eigenvalue weighted by Gasteiger charge is 2.26. The molecule has 0 amide bonds. The van der Waals surface area contributed by atoms with Gasteiger partial charge in [-0.25, -0.2) is 9.97 Å². The number of aromatic hydroxyl groups is 1. The second kappa shape index (κ2) is 7.79. The molecule has 0 radical (unpaired) electrons. The van der Waals surface area contributed by atoms with Crippen LogP contribution >= 0.6 is 0 Å². The quantitative estimate of drug-likeness (QED) is 0.379. The highest BCUT2D eigenvalue weighted by Crippen LogP contribution is 2.37. The lowest BCUT2D eigenvalue weighted by Gasteiger charge is -2.18. The molecular weight excluding hydrogens is 380 g/mol.